The number of hydrogen-bond acceptors (Lipinski definition) is 6. The van der Waals surface area contributed by atoms with Gasteiger partial charge in [-0.25, -0.2) is 4.39 Å². The van der Waals surface area contributed by atoms with E-state index in [1.807, 2.05) is 18.2 Å². The van der Waals surface area contributed by atoms with Gasteiger partial charge >= 0.3 is 0 Å². The van der Waals surface area contributed by atoms with Gasteiger partial charge in [0.1, 0.15) is 11.6 Å². The lowest BCUT2D eigenvalue weighted by molar-refractivity contribution is -0.133. The second-order valence-corrected chi connectivity index (χ2v) is 7.08. The Labute approximate surface area is 179 Å². The average Bonchev–Trinajstić information content (AvgIpc) is 2.83. The number of anilines is 1. The maximum Gasteiger partial charge on any atom is 0.260 e. The van der Waals surface area contributed by atoms with Crippen molar-refractivity contribution in [3.8, 4) is 23.1 Å². The summed E-state index contributed by atoms with van der Waals surface area (Å²) in [5, 5.41) is 17.4. The van der Waals surface area contributed by atoms with Crippen molar-refractivity contribution in [2.24, 2.45) is 0 Å². The number of aromatic nitrogens is 2. The molecule has 0 aliphatic carbocycles. The Morgan fingerprint density at radius 2 is 1.68 bits per heavy atom. The number of benzene rings is 2. The van der Waals surface area contributed by atoms with Gasteiger partial charge in [-0.3, -0.25) is 4.79 Å². The number of halogens is 1. The van der Waals surface area contributed by atoms with E-state index in [0.29, 0.717) is 43.2 Å². The van der Waals surface area contributed by atoms with E-state index in [0.717, 1.165) is 11.4 Å². The maximum absolute atomic E-state index is 13.1. The number of hydrogen-bond donors (Lipinski definition) is 0. The van der Waals surface area contributed by atoms with E-state index in [1.165, 1.54) is 12.1 Å². The van der Waals surface area contributed by atoms with Crippen molar-refractivity contribution in [1.82, 2.24) is 15.1 Å². The second-order valence-electron chi connectivity index (χ2n) is 7.08. The zero-order chi connectivity index (χ0) is 21.6. The smallest absolute Gasteiger partial charge is 0.260 e. The molecule has 1 aromatic heterocycles. The number of rotatable bonds is 5. The van der Waals surface area contributed by atoms with Crippen LogP contribution in [-0.4, -0.2) is 53.8 Å². The molecular formula is C23H20FN5O2. The van der Waals surface area contributed by atoms with E-state index in [9.17, 15) is 9.18 Å². The van der Waals surface area contributed by atoms with Crippen LogP contribution in [0.15, 0.2) is 60.7 Å². The highest BCUT2D eigenvalue weighted by Crippen LogP contribution is 2.20. The van der Waals surface area contributed by atoms with Crippen molar-refractivity contribution in [2.45, 2.75) is 0 Å². The van der Waals surface area contributed by atoms with E-state index in [4.69, 9.17) is 10.00 Å². The third-order valence-corrected chi connectivity index (χ3v) is 5.09. The lowest BCUT2D eigenvalue weighted by Gasteiger charge is -2.35. The zero-order valence-corrected chi connectivity index (χ0v) is 16.7. The van der Waals surface area contributed by atoms with Crippen molar-refractivity contribution < 1.29 is 13.9 Å². The maximum atomic E-state index is 13.1. The minimum atomic E-state index is -0.289. The lowest BCUT2D eigenvalue weighted by Crippen LogP contribution is -2.50. The molecule has 1 fully saturated rings. The average molecular weight is 417 g/mol. The zero-order valence-electron chi connectivity index (χ0n) is 16.7. The van der Waals surface area contributed by atoms with Crippen molar-refractivity contribution >= 4 is 11.7 Å². The van der Waals surface area contributed by atoms with Crippen LogP contribution in [0.5, 0.6) is 5.75 Å². The Morgan fingerprint density at radius 3 is 2.29 bits per heavy atom. The molecule has 0 radical (unpaired) electrons. The highest BCUT2D eigenvalue weighted by atomic mass is 19.1. The van der Waals surface area contributed by atoms with E-state index >= 15 is 0 Å². The predicted molar refractivity (Wildman–Crippen MR) is 113 cm³/mol. The van der Waals surface area contributed by atoms with Crippen LogP contribution >= 0.6 is 0 Å². The molecule has 7 nitrogen and oxygen atoms in total. The fraction of sp³-hybridized carbons (Fsp3) is 0.217. The molecule has 1 saturated heterocycles. The molecule has 156 valence electrons. The largest absolute Gasteiger partial charge is 0.484 e. The first kappa shape index (κ1) is 20.3. The Hall–Kier alpha value is -3.99. The number of nitriles is 1. The van der Waals surface area contributed by atoms with E-state index < -0.39 is 0 Å². The van der Waals surface area contributed by atoms with Crippen LogP contribution in [0, 0.1) is 17.1 Å². The van der Waals surface area contributed by atoms with E-state index in [2.05, 4.69) is 15.1 Å². The molecule has 8 heteroatoms. The summed E-state index contributed by atoms with van der Waals surface area (Å²) < 4.78 is 18.6. The van der Waals surface area contributed by atoms with Gasteiger partial charge in [-0.2, -0.15) is 5.26 Å². The van der Waals surface area contributed by atoms with Crippen molar-refractivity contribution in [3.63, 3.8) is 0 Å². The molecule has 4 rings (SSSR count). The molecule has 0 unspecified atom stereocenters. The summed E-state index contributed by atoms with van der Waals surface area (Å²) in [5.74, 6) is 0.930. The normalized spacial score (nSPS) is 13.5. The standard InChI is InChI=1S/C23H20FN5O2/c24-19-5-3-18(4-6-19)21-9-10-22(27-26-21)28-11-13-29(14-12-28)23(30)16-31-20-7-1-17(15-25)2-8-20/h1-10H,11-14,16H2. The van der Waals surface area contributed by atoms with Gasteiger partial charge in [-0.05, 0) is 60.7 Å². The van der Waals surface area contributed by atoms with Crippen LogP contribution in [0.4, 0.5) is 10.2 Å². The van der Waals surface area contributed by atoms with Gasteiger partial charge in [0.15, 0.2) is 12.4 Å². The van der Waals surface area contributed by atoms with Gasteiger partial charge in [0.05, 0.1) is 17.3 Å². The van der Waals surface area contributed by atoms with Crippen molar-refractivity contribution in [3.05, 3.63) is 72.0 Å². The van der Waals surface area contributed by atoms with E-state index in [-0.39, 0.29) is 18.3 Å². The van der Waals surface area contributed by atoms with Gasteiger partial charge in [-0.1, -0.05) is 0 Å². The highest BCUT2D eigenvalue weighted by Gasteiger charge is 2.22. The third-order valence-electron chi connectivity index (χ3n) is 5.09. The fourth-order valence-electron chi connectivity index (χ4n) is 3.32. The molecule has 0 atom stereocenters. The summed E-state index contributed by atoms with van der Waals surface area (Å²) in [7, 11) is 0. The molecule has 0 spiro atoms. The summed E-state index contributed by atoms with van der Waals surface area (Å²) in [6.45, 7) is 2.38. The highest BCUT2D eigenvalue weighted by molar-refractivity contribution is 5.78. The van der Waals surface area contributed by atoms with Gasteiger partial charge in [0, 0.05) is 31.7 Å². The van der Waals surface area contributed by atoms with Crippen LogP contribution < -0.4 is 9.64 Å². The van der Waals surface area contributed by atoms with Crippen LogP contribution in [0.2, 0.25) is 0 Å². The molecule has 1 amide bonds. The topological polar surface area (TPSA) is 82.4 Å². The molecule has 3 aromatic rings. The van der Waals surface area contributed by atoms with Crippen molar-refractivity contribution in [2.75, 3.05) is 37.7 Å². The minimum Gasteiger partial charge on any atom is -0.484 e. The molecule has 0 saturated carbocycles. The number of nitrogens with zero attached hydrogens (tertiary/aromatic N) is 5. The first-order chi connectivity index (χ1) is 15.1. The fourth-order valence-corrected chi connectivity index (χ4v) is 3.32. The predicted octanol–water partition coefficient (Wildman–Crippen LogP) is 2.88. The number of amides is 1. The summed E-state index contributed by atoms with van der Waals surface area (Å²) in [5.41, 5.74) is 2.03. The van der Waals surface area contributed by atoms with E-state index in [1.54, 1.807) is 41.3 Å². The molecule has 2 aromatic carbocycles. The van der Waals surface area contributed by atoms with Gasteiger partial charge in [-0.15, -0.1) is 10.2 Å². The summed E-state index contributed by atoms with van der Waals surface area (Å²) in [4.78, 5) is 16.3. The van der Waals surface area contributed by atoms with Gasteiger partial charge in [0.25, 0.3) is 5.91 Å². The van der Waals surface area contributed by atoms with Crippen molar-refractivity contribution in [1.29, 1.82) is 5.26 Å². The number of carbonyl (C=O) groups is 1. The summed E-state index contributed by atoms with van der Waals surface area (Å²) in [6, 6.07) is 18.6. The minimum absolute atomic E-state index is 0.0436. The first-order valence-electron chi connectivity index (χ1n) is 9.88. The summed E-state index contributed by atoms with van der Waals surface area (Å²) in [6.07, 6.45) is 0. The van der Waals surface area contributed by atoms with Crippen LogP contribution in [0.3, 0.4) is 0 Å². The SMILES string of the molecule is N#Cc1ccc(OCC(=O)N2CCN(c3ccc(-c4ccc(F)cc4)nn3)CC2)cc1. The monoisotopic (exact) mass is 417 g/mol. The molecular weight excluding hydrogens is 397 g/mol. The number of ether oxygens (including phenoxy) is 1. The third kappa shape index (κ3) is 4.95. The Kier molecular flexibility index (Phi) is 6.03. The molecule has 1 aliphatic heterocycles. The number of carbonyl (C=O) groups excluding carboxylic acids is 1. The second kappa shape index (κ2) is 9.22. The molecule has 31 heavy (non-hydrogen) atoms. The van der Waals surface area contributed by atoms with Crippen LogP contribution in [0.25, 0.3) is 11.3 Å². The Balaban J connectivity index is 1.28. The molecule has 1 aliphatic rings. The summed E-state index contributed by atoms with van der Waals surface area (Å²) >= 11 is 0. The van der Waals surface area contributed by atoms with Gasteiger partial charge in [0.2, 0.25) is 0 Å². The Bertz CT molecular complexity index is 1070. The Morgan fingerprint density at radius 1 is 0.968 bits per heavy atom. The molecule has 0 N–H and O–H groups in total. The quantitative estimate of drug-likeness (QED) is 0.635. The van der Waals surface area contributed by atoms with Crippen LogP contribution in [-0.2, 0) is 4.79 Å². The lowest BCUT2D eigenvalue weighted by atomic mass is 10.1. The van der Waals surface area contributed by atoms with Crippen LogP contribution in [0.1, 0.15) is 5.56 Å². The molecule has 0 bridgehead atoms. The number of piperazine rings is 1. The first-order valence-corrected chi connectivity index (χ1v) is 9.88. The van der Waals surface area contributed by atoms with Gasteiger partial charge < -0.3 is 14.5 Å². The molecule has 2 heterocycles.